The Morgan fingerprint density at radius 2 is 1.93 bits per heavy atom. The van der Waals surface area contributed by atoms with Crippen LogP contribution >= 0.6 is 0 Å². The average Bonchev–Trinajstić information content (AvgIpc) is 2.21. The van der Waals surface area contributed by atoms with Crippen molar-refractivity contribution in [1.82, 2.24) is 0 Å². The summed E-state index contributed by atoms with van der Waals surface area (Å²) in [5.74, 6) is 0. The lowest BCUT2D eigenvalue weighted by atomic mass is 10.2. The van der Waals surface area contributed by atoms with Crippen molar-refractivity contribution in [3.05, 3.63) is 60.9 Å². The Labute approximate surface area is 86.6 Å². The van der Waals surface area contributed by atoms with Crippen molar-refractivity contribution in [2.45, 2.75) is 13.8 Å². The van der Waals surface area contributed by atoms with E-state index in [2.05, 4.69) is 24.7 Å². The summed E-state index contributed by atoms with van der Waals surface area (Å²) in [4.78, 5) is 4.21. The van der Waals surface area contributed by atoms with Crippen LogP contribution in [0.15, 0.2) is 65.9 Å². The van der Waals surface area contributed by atoms with Crippen LogP contribution in [-0.4, -0.2) is 6.21 Å². The Hall–Kier alpha value is -1.63. The molecule has 0 aliphatic rings. The van der Waals surface area contributed by atoms with Gasteiger partial charge in [0.1, 0.15) is 0 Å². The fourth-order valence-corrected chi connectivity index (χ4v) is 0.738. The third-order valence-electron chi connectivity index (χ3n) is 1.73. The van der Waals surface area contributed by atoms with E-state index in [4.69, 9.17) is 0 Å². The van der Waals surface area contributed by atoms with Crippen LogP contribution in [0.5, 0.6) is 0 Å². The van der Waals surface area contributed by atoms with Crippen molar-refractivity contribution in [1.29, 1.82) is 0 Å². The number of nitrogens with zero attached hydrogens (tertiary/aromatic N) is 1. The van der Waals surface area contributed by atoms with Gasteiger partial charge in [-0.1, -0.05) is 44.0 Å². The van der Waals surface area contributed by atoms with E-state index >= 15 is 0 Å². The van der Waals surface area contributed by atoms with Gasteiger partial charge < -0.3 is 0 Å². The second-order valence-corrected chi connectivity index (χ2v) is 2.80. The molecule has 0 aliphatic heterocycles. The molecule has 0 rings (SSSR count). The molecule has 0 aliphatic carbocycles. The molecule has 74 valence electrons. The molecule has 0 bridgehead atoms. The molecule has 0 N–H and O–H groups in total. The highest BCUT2D eigenvalue weighted by Crippen LogP contribution is 2.10. The van der Waals surface area contributed by atoms with Crippen molar-refractivity contribution in [3.63, 3.8) is 0 Å². The van der Waals surface area contributed by atoms with Crippen LogP contribution in [0.2, 0.25) is 0 Å². The van der Waals surface area contributed by atoms with Crippen LogP contribution in [0.4, 0.5) is 0 Å². The molecule has 0 aromatic rings. The number of hydrogen-bond acceptors (Lipinski definition) is 1. The van der Waals surface area contributed by atoms with Gasteiger partial charge in [0.25, 0.3) is 0 Å². The number of aliphatic imine (C=N–C) groups is 1. The van der Waals surface area contributed by atoms with Gasteiger partial charge in [0.15, 0.2) is 0 Å². The van der Waals surface area contributed by atoms with E-state index in [0.29, 0.717) is 5.70 Å². The number of rotatable bonds is 5. The molecule has 0 aromatic heterocycles. The zero-order valence-electron chi connectivity index (χ0n) is 8.96. The van der Waals surface area contributed by atoms with E-state index in [1.165, 1.54) is 0 Å². The highest BCUT2D eigenvalue weighted by atomic mass is 14.7. The van der Waals surface area contributed by atoms with Gasteiger partial charge >= 0.3 is 0 Å². The van der Waals surface area contributed by atoms with Crippen LogP contribution < -0.4 is 0 Å². The van der Waals surface area contributed by atoms with Gasteiger partial charge in [-0.2, -0.15) is 0 Å². The van der Waals surface area contributed by atoms with Gasteiger partial charge in [0, 0.05) is 6.21 Å². The van der Waals surface area contributed by atoms with Crippen molar-refractivity contribution in [2.75, 3.05) is 0 Å². The average molecular weight is 187 g/mol. The standard InChI is InChI=1S/C13H17N/c1-6-9-13(8-3)12(5)14-10-11(4)7-2/h6-10H,1,3,5H2,2,4H3/b11-7-,13-9+,14-10-. The van der Waals surface area contributed by atoms with Gasteiger partial charge in [-0.25, -0.2) is 0 Å². The second-order valence-electron chi connectivity index (χ2n) is 2.80. The minimum atomic E-state index is 0.695. The molecule has 1 nitrogen and oxygen atoms in total. The summed E-state index contributed by atoms with van der Waals surface area (Å²) in [5.41, 5.74) is 2.69. The molecule has 14 heavy (non-hydrogen) atoms. The zero-order chi connectivity index (χ0) is 11.0. The monoisotopic (exact) mass is 187 g/mol. The summed E-state index contributed by atoms with van der Waals surface area (Å²) >= 11 is 0. The molecular weight excluding hydrogens is 170 g/mol. The van der Waals surface area contributed by atoms with E-state index in [9.17, 15) is 0 Å². The maximum atomic E-state index is 4.21. The summed E-state index contributed by atoms with van der Waals surface area (Å²) in [5, 5.41) is 0. The Balaban J connectivity index is 4.63. The summed E-state index contributed by atoms with van der Waals surface area (Å²) < 4.78 is 0. The summed E-state index contributed by atoms with van der Waals surface area (Å²) in [6.45, 7) is 15.1. The lowest BCUT2D eigenvalue weighted by molar-refractivity contribution is 1.37. The second kappa shape index (κ2) is 6.84. The van der Waals surface area contributed by atoms with E-state index in [-0.39, 0.29) is 0 Å². The molecular formula is C13H17N. The largest absolute Gasteiger partial charge is 0.257 e. The lowest BCUT2D eigenvalue weighted by Crippen LogP contribution is -1.83. The Morgan fingerprint density at radius 3 is 2.36 bits per heavy atom. The molecule has 0 fully saturated rings. The molecule has 0 spiro atoms. The van der Waals surface area contributed by atoms with Crippen LogP contribution in [0.3, 0.4) is 0 Å². The first-order chi connectivity index (χ1) is 6.65. The van der Waals surface area contributed by atoms with E-state index in [1.54, 1.807) is 18.4 Å². The van der Waals surface area contributed by atoms with Crippen molar-refractivity contribution in [2.24, 2.45) is 4.99 Å². The fourth-order valence-electron chi connectivity index (χ4n) is 0.738. The summed E-state index contributed by atoms with van der Waals surface area (Å²) in [6.07, 6.45) is 9.01. The van der Waals surface area contributed by atoms with Gasteiger partial charge in [-0.05, 0) is 25.0 Å². The Bertz CT molecular complexity index is 314. The van der Waals surface area contributed by atoms with Crippen LogP contribution in [0.1, 0.15) is 13.8 Å². The van der Waals surface area contributed by atoms with Crippen LogP contribution in [0.25, 0.3) is 0 Å². The van der Waals surface area contributed by atoms with E-state index in [0.717, 1.165) is 11.1 Å². The molecule has 0 saturated heterocycles. The third kappa shape index (κ3) is 4.41. The van der Waals surface area contributed by atoms with Crippen molar-refractivity contribution < 1.29 is 0 Å². The van der Waals surface area contributed by atoms with Gasteiger partial charge in [-0.15, -0.1) is 0 Å². The predicted octanol–water partition coefficient (Wildman–Crippen LogP) is 3.84. The van der Waals surface area contributed by atoms with Crippen molar-refractivity contribution in [3.8, 4) is 0 Å². The van der Waals surface area contributed by atoms with Gasteiger partial charge in [-0.3, -0.25) is 4.99 Å². The first-order valence-electron chi connectivity index (χ1n) is 4.47. The summed E-state index contributed by atoms with van der Waals surface area (Å²) in [6, 6.07) is 0. The van der Waals surface area contributed by atoms with Gasteiger partial charge in [0.2, 0.25) is 0 Å². The quantitative estimate of drug-likeness (QED) is 0.458. The molecule has 1 heteroatoms. The first-order valence-corrected chi connectivity index (χ1v) is 4.47. The maximum absolute atomic E-state index is 4.21. The number of allylic oxidation sites excluding steroid dienone is 5. The molecule has 0 amide bonds. The van der Waals surface area contributed by atoms with E-state index < -0.39 is 0 Å². The highest BCUT2D eigenvalue weighted by Gasteiger charge is 1.93. The molecule has 0 unspecified atom stereocenters. The fraction of sp³-hybridized carbons (Fsp3) is 0.154. The van der Waals surface area contributed by atoms with Gasteiger partial charge in [0.05, 0.1) is 5.70 Å². The molecule has 0 radical (unpaired) electrons. The molecule has 0 aromatic carbocycles. The summed E-state index contributed by atoms with van der Waals surface area (Å²) in [7, 11) is 0. The minimum Gasteiger partial charge on any atom is -0.257 e. The molecule has 0 atom stereocenters. The normalized spacial score (nSPS) is 13.0. The lowest BCUT2D eigenvalue weighted by Gasteiger charge is -1.98. The Kier molecular flexibility index (Phi) is 6.04. The molecule has 0 saturated carbocycles. The first kappa shape index (κ1) is 12.4. The minimum absolute atomic E-state index is 0.695. The zero-order valence-corrected chi connectivity index (χ0v) is 8.96. The topological polar surface area (TPSA) is 12.4 Å². The maximum Gasteiger partial charge on any atom is 0.0630 e. The third-order valence-corrected chi connectivity index (χ3v) is 1.73. The SMILES string of the molecule is C=C/C=C(\C=C)C(=C)/N=C\C(C)=C/C. The number of hydrogen-bond donors (Lipinski definition) is 0. The highest BCUT2D eigenvalue weighted by molar-refractivity contribution is 5.78. The van der Waals surface area contributed by atoms with Crippen LogP contribution in [-0.2, 0) is 0 Å². The van der Waals surface area contributed by atoms with E-state index in [1.807, 2.05) is 26.0 Å². The smallest absolute Gasteiger partial charge is 0.0630 e. The van der Waals surface area contributed by atoms with Crippen molar-refractivity contribution >= 4 is 6.21 Å². The Morgan fingerprint density at radius 1 is 1.29 bits per heavy atom. The van der Waals surface area contributed by atoms with Crippen LogP contribution in [0, 0.1) is 0 Å². The molecule has 0 heterocycles. The predicted molar refractivity (Wildman–Crippen MR) is 65.5 cm³/mol.